The summed E-state index contributed by atoms with van der Waals surface area (Å²) in [5.74, 6) is 0.837. The highest BCUT2D eigenvalue weighted by atomic mass is 32.1. The Kier molecular flexibility index (Phi) is 4.66. The molecule has 0 spiro atoms. The summed E-state index contributed by atoms with van der Waals surface area (Å²) in [7, 11) is 1.54. The second-order valence-corrected chi connectivity index (χ2v) is 6.95. The smallest absolute Gasteiger partial charge is 0.254 e. The van der Waals surface area contributed by atoms with E-state index in [-0.39, 0.29) is 12.0 Å². The van der Waals surface area contributed by atoms with Crippen LogP contribution < -0.4 is 9.47 Å². The van der Waals surface area contributed by atoms with Crippen molar-refractivity contribution in [2.24, 2.45) is 0 Å². The van der Waals surface area contributed by atoms with Crippen LogP contribution in [0, 0.1) is 0 Å². The monoisotopic (exact) mass is 370 g/mol. The molecule has 1 aliphatic rings. The normalized spacial score (nSPS) is 17.3. The molecule has 1 fully saturated rings. The molecule has 26 heavy (non-hydrogen) atoms. The zero-order valence-electron chi connectivity index (χ0n) is 14.3. The molecule has 8 heteroatoms. The van der Waals surface area contributed by atoms with E-state index in [1.807, 2.05) is 23.1 Å². The van der Waals surface area contributed by atoms with Crippen molar-refractivity contribution in [2.45, 2.75) is 18.9 Å². The molecule has 134 valence electrons. The molecule has 0 saturated carbocycles. The SMILES string of the molecule is COc1cncc(OC2CCCN(C(=O)c3ccc4ncsc4c3)C2)n1. The Bertz CT molecular complexity index is 929. The minimum atomic E-state index is -0.110. The first-order valence-corrected chi connectivity index (χ1v) is 9.26. The molecule has 4 rings (SSSR count). The van der Waals surface area contributed by atoms with Gasteiger partial charge in [0.1, 0.15) is 6.10 Å². The number of ether oxygens (including phenoxy) is 2. The summed E-state index contributed by atoms with van der Waals surface area (Å²) in [6.45, 7) is 1.25. The van der Waals surface area contributed by atoms with E-state index in [4.69, 9.17) is 9.47 Å². The fraction of sp³-hybridized carbons (Fsp3) is 0.333. The Hall–Kier alpha value is -2.74. The van der Waals surface area contributed by atoms with Crippen LogP contribution in [0.2, 0.25) is 0 Å². The Morgan fingerprint density at radius 1 is 1.31 bits per heavy atom. The van der Waals surface area contributed by atoms with Gasteiger partial charge in [-0.1, -0.05) is 0 Å². The van der Waals surface area contributed by atoms with E-state index < -0.39 is 0 Å². The Morgan fingerprint density at radius 2 is 2.19 bits per heavy atom. The lowest BCUT2D eigenvalue weighted by molar-refractivity contribution is 0.0525. The molecular weight excluding hydrogens is 352 g/mol. The number of carbonyl (C=O) groups excluding carboxylic acids is 1. The number of likely N-dealkylation sites (tertiary alicyclic amines) is 1. The van der Waals surface area contributed by atoms with Crippen LogP contribution >= 0.6 is 11.3 Å². The highest BCUT2D eigenvalue weighted by molar-refractivity contribution is 7.16. The first kappa shape index (κ1) is 16.7. The van der Waals surface area contributed by atoms with Crippen LogP contribution in [0.5, 0.6) is 11.8 Å². The lowest BCUT2D eigenvalue weighted by atomic mass is 10.1. The maximum atomic E-state index is 12.9. The Balaban J connectivity index is 1.46. The summed E-state index contributed by atoms with van der Waals surface area (Å²) >= 11 is 1.54. The average molecular weight is 370 g/mol. The van der Waals surface area contributed by atoms with E-state index >= 15 is 0 Å². The van der Waals surface area contributed by atoms with Crippen molar-refractivity contribution in [1.29, 1.82) is 0 Å². The molecular formula is C18H18N4O3S. The van der Waals surface area contributed by atoms with Gasteiger partial charge in [0.15, 0.2) is 0 Å². The maximum absolute atomic E-state index is 12.9. The van der Waals surface area contributed by atoms with Crippen LogP contribution in [-0.2, 0) is 0 Å². The van der Waals surface area contributed by atoms with E-state index in [1.54, 1.807) is 11.7 Å². The first-order valence-electron chi connectivity index (χ1n) is 8.38. The van der Waals surface area contributed by atoms with Crippen molar-refractivity contribution in [1.82, 2.24) is 19.9 Å². The number of benzene rings is 1. The van der Waals surface area contributed by atoms with Gasteiger partial charge in [0.25, 0.3) is 5.91 Å². The number of hydrogen-bond acceptors (Lipinski definition) is 7. The van der Waals surface area contributed by atoms with E-state index in [0.29, 0.717) is 23.9 Å². The predicted octanol–water partition coefficient (Wildman–Crippen LogP) is 2.78. The number of amides is 1. The lowest BCUT2D eigenvalue weighted by Gasteiger charge is -2.32. The van der Waals surface area contributed by atoms with Gasteiger partial charge in [0.05, 0.1) is 41.8 Å². The number of nitrogens with zero attached hydrogens (tertiary/aromatic N) is 4. The van der Waals surface area contributed by atoms with Crippen molar-refractivity contribution in [3.63, 3.8) is 0 Å². The highest BCUT2D eigenvalue weighted by Gasteiger charge is 2.26. The maximum Gasteiger partial charge on any atom is 0.254 e. The minimum Gasteiger partial charge on any atom is -0.480 e. The van der Waals surface area contributed by atoms with Gasteiger partial charge in [-0.25, -0.2) is 4.98 Å². The van der Waals surface area contributed by atoms with Crippen LogP contribution in [0.15, 0.2) is 36.1 Å². The highest BCUT2D eigenvalue weighted by Crippen LogP contribution is 2.23. The first-order chi connectivity index (χ1) is 12.7. The van der Waals surface area contributed by atoms with Crippen LogP contribution in [0.4, 0.5) is 0 Å². The third-order valence-electron chi connectivity index (χ3n) is 4.33. The Labute approximate surface area is 154 Å². The number of piperidine rings is 1. The van der Waals surface area contributed by atoms with Crippen LogP contribution in [0.1, 0.15) is 23.2 Å². The predicted molar refractivity (Wildman–Crippen MR) is 97.8 cm³/mol. The third kappa shape index (κ3) is 3.45. The third-order valence-corrected chi connectivity index (χ3v) is 5.12. The molecule has 1 atom stereocenters. The van der Waals surface area contributed by atoms with Gasteiger partial charge >= 0.3 is 0 Å². The molecule has 0 N–H and O–H groups in total. The van der Waals surface area contributed by atoms with Crippen molar-refractivity contribution >= 4 is 27.5 Å². The standard InChI is InChI=1S/C18H18N4O3S/c1-24-16-8-19-9-17(21-16)25-13-3-2-6-22(10-13)18(23)12-4-5-14-15(7-12)26-11-20-14/h4-5,7-9,11,13H,2-3,6,10H2,1H3. The average Bonchev–Trinajstić information content (AvgIpc) is 3.15. The molecule has 1 aliphatic heterocycles. The van der Waals surface area contributed by atoms with Gasteiger partial charge in [-0.05, 0) is 31.0 Å². The molecule has 7 nitrogen and oxygen atoms in total. The molecule has 1 saturated heterocycles. The van der Waals surface area contributed by atoms with E-state index in [2.05, 4.69) is 15.0 Å². The van der Waals surface area contributed by atoms with Gasteiger partial charge in [0, 0.05) is 12.1 Å². The van der Waals surface area contributed by atoms with E-state index in [1.165, 1.54) is 24.6 Å². The molecule has 1 unspecified atom stereocenters. The molecule has 3 aromatic rings. The molecule has 1 aromatic carbocycles. The molecule has 2 aromatic heterocycles. The fourth-order valence-electron chi connectivity index (χ4n) is 3.05. The number of rotatable bonds is 4. The summed E-state index contributed by atoms with van der Waals surface area (Å²) in [6, 6.07) is 5.64. The molecule has 3 heterocycles. The summed E-state index contributed by atoms with van der Waals surface area (Å²) in [5.41, 5.74) is 3.39. The Morgan fingerprint density at radius 3 is 3.08 bits per heavy atom. The number of aromatic nitrogens is 3. The summed E-state index contributed by atoms with van der Waals surface area (Å²) < 4.78 is 12.0. The molecule has 1 amide bonds. The van der Waals surface area contributed by atoms with Crippen LogP contribution in [-0.4, -0.2) is 52.1 Å². The molecule has 0 aliphatic carbocycles. The fourth-order valence-corrected chi connectivity index (χ4v) is 3.76. The van der Waals surface area contributed by atoms with E-state index in [0.717, 1.165) is 29.6 Å². The second kappa shape index (κ2) is 7.25. The molecule has 0 radical (unpaired) electrons. The topological polar surface area (TPSA) is 77.4 Å². The van der Waals surface area contributed by atoms with Gasteiger partial charge in [0.2, 0.25) is 11.8 Å². The zero-order valence-corrected chi connectivity index (χ0v) is 15.1. The van der Waals surface area contributed by atoms with Gasteiger partial charge < -0.3 is 14.4 Å². The number of carbonyl (C=O) groups is 1. The quantitative estimate of drug-likeness (QED) is 0.703. The van der Waals surface area contributed by atoms with Gasteiger partial charge in [-0.15, -0.1) is 11.3 Å². The summed E-state index contributed by atoms with van der Waals surface area (Å²) in [6.07, 6.45) is 4.73. The summed E-state index contributed by atoms with van der Waals surface area (Å²) in [4.78, 5) is 27.2. The lowest BCUT2D eigenvalue weighted by Crippen LogP contribution is -2.44. The van der Waals surface area contributed by atoms with E-state index in [9.17, 15) is 4.79 Å². The largest absolute Gasteiger partial charge is 0.480 e. The van der Waals surface area contributed by atoms with Crippen LogP contribution in [0.25, 0.3) is 10.2 Å². The minimum absolute atomic E-state index is 0.0188. The van der Waals surface area contributed by atoms with Gasteiger partial charge in [-0.2, -0.15) is 4.98 Å². The zero-order chi connectivity index (χ0) is 17.9. The van der Waals surface area contributed by atoms with Crippen molar-refractivity contribution in [3.05, 3.63) is 41.7 Å². The summed E-state index contributed by atoms with van der Waals surface area (Å²) in [5, 5.41) is 0. The number of hydrogen-bond donors (Lipinski definition) is 0. The number of methoxy groups -OCH3 is 1. The van der Waals surface area contributed by atoms with Crippen molar-refractivity contribution in [3.8, 4) is 11.8 Å². The van der Waals surface area contributed by atoms with Crippen molar-refractivity contribution < 1.29 is 14.3 Å². The van der Waals surface area contributed by atoms with Crippen LogP contribution in [0.3, 0.4) is 0 Å². The number of fused-ring (bicyclic) bond motifs is 1. The number of thiazole rings is 1. The second-order valence-electron chi connectivity index (χ2n) is 6.07. The van der Waals surface area contributed by atoms with Gasteiger partial charge in [-0.3, -0.25) is 9.78 Å². The molecule has 0 bridgehead atoms. The van der Waals surface area contributed by atoms with Crippen molar-refractivity contribution in [2.75, 3.05) is 20.2 Å².